The van der Waals surface area contributed by atoms with Crippen LogP contribution in [0, 0.1) is 0 Å². The Morgan fingerprint density at radius 1 is 2.00 bits per heavy atom. The highest BCUT2D eigenvalue weighted by atomic mass is 35.5. The Balaban J connectivity index is 2.41. The quantitative estimate of drug-likeness (QED) is 0.518. The molecule has 3 heteroatoms. The molecule has 1 aliphatic rings. The zero-order valence-electron chi connectivity index (χ0n) is 4.72. The summed E-state index contributed by atoms with van der Waals surface area (Å²) in [6, 6.07) is 0.390. The summed E-state index contributed by atoms with van der Waals surface area (Å²) >= 11 is 7.35. The summed E-state index contributed by atoms with van der Waals surface area (Å²) in [5.74, 6) is 1.75. The van der Waals surface area contributed by atoms with Crippen molar-refractivity contribution in [2.24, 2.45) is 4.99 Å². The molecule has 0 saturated heterocycles. The summed E-state index contributed by atoms with van der Waals surface area (Å²) in [7, 11) is 0. The number of nitrogens with zero attached hydrogens (tertiary/aromatic N) is 1. The fourth-order valence-corrected chi connectivity index (χ4v) is 1.78. The molecule has 0 aromatic carbocycles. The van der Waals surface area contributed by atoms with Gasteiger partial charge in [0.2, 0.25) is 0 Å². The summed E-state index contributed by atoms with van der Waals surface area (Å²) in [6.07, 6.45) is 0. The number of alkyl halides is 1. The molecule has 1 nitrogen and oxygen atoms in total. The lowest BCUT2D eigenvalue weighted by Crippen LogP contribution is -2.03. The Hall–Kier alpha value is 0.310. The minimum Gasteiger partial charge on any atom is -0.278 e. The maximum atomic E-state index is 5.55. The number of thioether (sulfide) groups is 1. The van der Waals surface area contributed by atoms with Crippen molar-refractivity contribution in [3.05, 3.63) is 0 Å². The van der Waals surface area contributed by atoms with E-state index in [9.17, 15) is 0 Å². The molecule has 46 valence electrons. The van der Waals surface area contributed by atoms with E-state index in [4.69, 9.17) is 11.6 Å². The Morgan fingerprint density at radius 3 is 3.00 bits per heavy atom. The highest BCUT2D eigenvalue weighted by Crippen LogP contribution is 2.17. The highest BCUT2D eigenvalue weighted by Gasteiger charge is 2.12. The predicted molar refractivity (Wildman–Crippen MR) is 40.1 cm³/mol. The summed E-state index contributed by atoms with van der Waals surface area (Å²) in [5, 5.41) is 1.18. The van der Waals surface area contributed by atoms with E-state index >= 15 is 0 Å². The van der Waals surface area contributed by atoms with E-state index in [0.717, 1.165) is 5.75 Å². The van der Waals surface area contributed by atoms with Gasteiger partial charge >= 0.3 is 0 Å². The molecular weight excluding hydrogens is 142 g/mol. The maximum Gasteiger partial charge on any atom is 0.0738 e. The van der Waals surface area contributed by atoms with Crippen LogP contribution >= 0.6 is 23.4 Å². The molecule has 0 fully saturated rings. The van der Waals surface area contributed by atoms with Crippen LogP contribution in [0.3, 0.4) is 0 Å². The van der Waals surface area contributed by atoms with E-state index in [1.54, 1.807) is 11.8 Å². The van der Waals surface area contributed by atoms with Crippen LogP contribution in [0.5, 0.6) is 0 Å². The van der Waals surface area contributed by atoms with Crippen LogP contribution in [-0.2, 0) is 0 Å². The molecule has 0 aromatic heterocycles. The van der Waals surface area contributed by atoms with Crippen LogP contribution in [-0.4, -0.2) is 22.7 Å². The molecule has 0 amide bonds. The standard InChI is InChI=1S/C5H8ClNS/c1-4-7-5(2-6)3-8-4/h5H,2-3H2,1H3/t5-/m0/s1. The van der Waals surface area contributed by atoms with Gasteiger partial charge in [-0.05, 0) is 6.92 Å². The third kappa shape index (κ3) is 1.39. The average molecular weight is 150 g/mol. The lowest BCUT2D eigenvalue weighted by molar-refractivity contribution is 0.873. The van der Waals surface area contributed by atoms with Gasteiger partial charge in [0, 0.05) is 11.6 Å². The number of rotatable bonds is 1. The third-order valence-corrected chi connectivity index (χ3v) is 2.46. The van der Waals surface area contributed by atoms with Gasteiger partial charge in [-0.2, -0.15) is 0 Å². The van der Waals surface area contributed by atoms with Gasteiger partial charge in [0.05, 0.1) is 11.1 Å². The molecule has 1 rings (SSSR count). The van der Waals surface area contributed by atoms with Crippen molar-refractivity contribution in [2.45, 2.75) is 13.0 Å². The van der Waals surface area contributed by atoms with Gasteiger partial charge in [-0.1, -0.05) is 0 Å². The van der Waals surface area contributed by atoms with Gasteiger partial charge in [-0.15, -0.1) is 23.4 Å². The normalized spacial score (nSPS) is 28.2. The first-order valence-electron chi connectivity index (χ1n) is 2.56. The molecular formula is C5H8ClNS. The van der Waals surface area contributed by atoms with Crippen LogP contribution in [0.15, 0.2) is 4.99 Å². The van der Waals surface area contributed by atoms with Gasteiger partial charge in [-0.25, -0.2) is 0 Å². The zero-order valence-corrected chi connectivity index (χ0v) is 6.30. The summed E-state index contributed by atoms with van der Waals surface area (Å²) in [6.45, 7) is 2.03. The van der Waals surface area contributed by atoms with E-state index < -0.39 is 0 Å². The molecule has 0 bridgehead atoms. The minimum atomic E-state index is 0.390. The highest BCUT2D eigenvalue weighted by molar-refractivity contribution is 8.14. The van der Waals surface area contributed by atoms with Crippen molar-refractivity contribution in [1.29, 1.82) is 0 Å². The van der Waals surface area contributed by atoms with Crippen LogP contribution in [0.4, 0.5) is 0 Å². The Kier molecular flexibility index (Phi) is 2.20. The molecule has 8 heavy (non-hydrogen) atoms. The molecule has 0 unspecified atom stereocenters. The fourth-order valence-electron chi connectivity index (χ4n) is 0.627. The van der Waals surface area contributed by atoms with Crippen molar-refractivity contribution in [3.63, 3.8) is 0 Å². The second-order valence-corrected chi connectivity index (χ2v) is 3.29. The summed E-state index contributed by atoms with van der Waals surface area (Å²) in [4.78, 5) is 4.25. The molecule has 0 N–H and O–H groups in total. The third-order valence-electron chi connectivity index (χ3n) is 1.03. The van der Waals surface area contributed by atoms with Gasteiger partial charge in [0.25, 0.3) is 0 Å². The zero-order chi connectivity index (χ0) is 5.98. The van der Waals surface area contributed by atoms with Gasteiger partial charge in [0.1, 0.15) is 0 Å². The fraction of sp³-hybridized carbons (Fsp3) is 0.800. The van der Waals surface area contributed by atoms with E-state index in [-0.39, 0.29) is 0 Å². The van der Waals surface area contributed by atoms with E-state index in [1.807, 2.05) is 6.92 Å². The smallest absolute Gasteiger partial charge is 0.0738 e. The number of hydrogen-bond donors (Lipinski definition) is 0. The Morgan fingerprint density at radius 2 is 2.75 bits per heavy atom. The number of hydrogen-bond acceptors (Lipinski definition) is 2. The molecule has 0 saturated carbocycles. The molecule has 0 spiro atoms. The first-order chi connectivity index (χ1) is 3.83. The SMILES string of the molecule is CC1=N[C@@H](CCl)CS1. The van der Waals surface area contributed by atoms with Crippen molar-refractivity contribution in [2.75, 3.05) is 11.6 Å². The van der Waals surface area contributed by atoms with Crippen LogP contribution in [0.2, 0.25) is 0 Å². The maximum absolute atomic E-state index is 5.55. The van der Waals surface area contributed by atoms with Crippen LogP contribution < -0.4 is 0 Å². The second-order valence-electron chi connectivity index (χ2n) is 1.77. The van der Waals surface area contributed by atoms with Crippen LogP contribution in [0.1, 0.15) is 6.92 Å². The average Bonchev–Trinajstić information content (AvgIpc) is 2.14. The second kappa shape index (κ2) is 2.74. The first-order valence-corrected chi connectivity index (χ1v) is 4.08. The van der Waals surface area contributed by atoms with Crippen molar-refractivity contribution in [1.82, 2.24) is 0 Å². The minimum absolute atomic E-state index is 0.390. The summed E-state index contributed by atoms with van der Waals surface area (Å²) < 4.78 is 0. The van der Waals surface area contributed by atoms with Crippen molar-refractivity contribution in [3.8, 4) is 0 Å². The molecule has 0 aromatic rings. The summed E-state index contributed by atoms with van der Waals surface area (Å²) in [5.41, 5.74) is 0. The molecule has 0 aliphatic carbocycles. The van der Waals surface area contributed by atoms with Gasteiger partial charge in [-0.3, -0.25) is 4.99 Å². The lowest BCUT2D eigenvalue weighted by Gasteiger charge is -1.94. The Bertz CT molecular complexity index is 113. The monoisotopic (exact) mass is 149 g/mol. The largest absolute Gasteiger partial charge is 0.278 e. The van der Waals surface area contributed by atoms with Crippen molar-refractivity contribution < 1.29 is 0 Å². The van der Waals surface area contributed by atoms with E-state index in [0.29, 0.717) is 11.9 Å². The topological polar surface area (TPSA) is 12.4 Å². The number of aliphatic imine (C=N–C) groups is 1. The first kappa shape index (κ1) is 6.43. The number of halogens is 1. The molecule has 0 radical (unpaired) electrons. The van der Waals surface area contributed by atoms with E-state index in [1.165, 1.54) is 5.04 Å². The molecule has 1 heterocycles. The molecule has 1 aliphatic heterocycles. The van der Waals surface area contributed by atoms with E-state index in [2.05, 4.69) is 4.99 Å². The van der Waals surface area contributed by atoms with Gasteiger partial charge in [0.15, 0.2) is 0 Å². The van der Waals surface area contributed by atoms with Gasteiger partial charge < -0.3 is 0 Å². The lowest BCUT2D eigenvalue weighted by atomic mass is 10.4. The predicted octanol–water partition coefficient (Wildman–Crippen LogP) is 1.76. The Labute approximate surface area is 58.5 Å². The molecule has 1 atom stereocenters. The van der Waals surface area contributed by atoms with Crippen LogP contribution in [0.25, 0.3) is 0 Å². The van der Waals surface area contributed by atoms with Crippen molar-refractivity contribution >= 4 is 28.4 Å².